The molecule has 1 aromatic carbocycles. The van der Waals surface area contributed by atoms with Gasteiger partial charge in [-0.3, -0.25) is 4.79 Å². The van der Waals surface area contributed by atoms with Crippen molar-refractivity contribution in [2.75, 3.05) is 7.11 Å². The first-order chi connectivity index (χ1) is 7.20. The van der Waals surface area contributed by atoms with Crippen molar-refractivity contribution in [1.82, 2.24) is 4.57 Å². The third-order valence-corrected chi connectivity index (χ3v) is 2.56. The number of carbonyl (C=O) groups is 1. The predicted octanol–water partition coefficient (Wildman–Crippen LogP) is 2.10. The highest BCUT2D eigenvalue weighted by atomic mass is 32.1. The summed E-state index contributed by atoms with van der Waals surface area (Å²) in [6, 6.07) is 7.77. The Morgan fingerprint density at radius 2 is 2.27 bits per heavy atom. The quantitative estimate of drug-likeness (QED) is 0.622. The van der Waals surface area contributed by atoms with Crippen molar-refractivity contribution in [2.45, 2.75) is 11.4 Å². The Morgan fingerprint density at radius 1 is 1.47 bits per heavy atom. The summed E-state index contributed by atoms with van der Waals surface area (Å²) >= 11 is 4.26. The molecule has 4 heteroatoms. The van der Waals surface area contributed by atoms with Gasteiger partial charge < -0.3 is 9.30 Å². The predicted molar refractivity (Wildman–Crippen MR) is 61.2 cm³/mol. The molecule has 0 saturated carbocycles. The molecule has 15 heavy (non-hydrogen) atoms. The zero-order chi connectivity index (χ0) is 10.8. The van der Waals surface area contributed by atoms with Gasteiger partial charge in [-0.25, -0.2) is 0 Å². The summed E-state index contributed by atoms with van der Waals surface area (Å²) in [7, 11) is 1.39. The number of benzene rings is 1. The molecular formula is C11H11NO2S. The third-order valence-electron chi connectivity index (χ3n) is 2.28. The van der Waals surface area contributed by atoms with Gasteiger partial charge in [0.15, 0.2) is 0 Å². The van der Waals surface area contributed by atoms with E-state index in [1.165, 1.54) is 7.11 Å². The number of thiol groups is 1. The molecule has 0 spiro atoms. The maximum absolute atomic E-state index is 11.1. The molecule has 1 aromatic heterocycles. The number of ether oxygens (including phenoxy) is 1. The van der Waals surface area contributed by atoms with Crippen LogP contribution >= 0.6 is 12.6 Å². The standard InChI is InChI=1S/C11H11NO2S/c1-14-11(13)7-12-5-4-8-6-9(15)2-3-10(8)12/h2-6,15H,7H2,1H3. The second-order valence-corrected chi connectivity index (χ2v) is 3.78. The van der Waals surface area contributed by atoms with Crippen molar-refractivity contribution in [2.24, 2.45) is 0 Å². The summed E-state index contributed by atoms with van der Waals surface area (Å²) in [4.78, 5) is 12.0. The largest absolute Gasteiger partial charge is 0.468 e. The molecule has 0 N–H and O–H groups in total. The first kappa shape index (κ1) is 10.1. The van der Waals surface area contributed by atoms with Gasteiger partial charge in [-0.05, 0) is 24.3 Å². The van der Waals surface area contributed by atoms with Crippen molar-refractivity contribution < 1.29 is 9.53 Å². The topological polar surface area (TPSA) is 31.2 Å². The molecule has 78 valence electrons. The fourth-order valence-corrected chi connectivity index (χ4v) is 1.74. The Hall–Kier alpha value is -1.42. The smallest absolute Gasteiger partial charge is 0.325 e. The molecule has 2 aromatic rings. The lowest BCUT2D eigenvalue weighted by molar-refractivity contribution is -0.141. The second kappa shape index (κ2) is 3.98. The first-order valence-electron chi connectivity index (χ1n) is 4.55. The first-order valence-corrected chi connectivity index (χ1v) is 5.00. The van der Waals surface area contributed by atoms with Gasteiger partial charge in [0.25, 0.3) is 0 Å². The number of nitrogens with zero attached hydrogens (tertiary/aromatic N) is 1. The van der Waals surface area contributed by atoms with E-state index >= 15 is 0 Å². The molecule has 0 amide bonds. The van der Waals surface area contributed by atoms with E-state index in [4.69, 9.17) is 0 Å². The van der Waals surface area contributed by atoms with Crippen LogP contribution < -0.4 is 0 Å². The number of esters is 1. The summed E-state index contributed by atoms with van der Waals surface area (Å²) in [5, 5.41) is 1.08. The molecule has 1 heterocycles. The van der Waals surface area contributed by atoms with Gasteiger partial charge in [0.1, 0.15) is 6.54 Å². The second-order valence-electron chi connectivity index (χ2n) is 3.26. The van der Waals surface area contributed by atoms with Gasteiger partial charge in [-0.15, -0.1) is 12.6 Å². The zero-order valence-corrected chi connectivity index (χ0v) is 9.20. The molecule has 0 bridgehead atoms. The summed E-state index contributed by atoms with van der Waals surface area (Å²) in [6.45, 7) is 0.242. The van der Waals surface area contributed by atoms with Crippen LogP contribution in [0.5, 0.6) is 0 Å². The highest BCUT2D eigenvalue weighted by molar-refractivity contribution is 7.80. The van der Waals surface area contributed by atoms with Gasteiger partial charge in [0.2, 0.25) is 0 Å². The summed E-state index contributed by atoms with van der Waals surface area (Å²) in [6.07, 6.45) is 1.87. The van der Waals surface area contributed by atoms with Crippen LogP contribution in [-0.4, -0.2) is 17.6 Å². The maximum atomic E-state index is 11.1. The van der Waals surface area contributed by atoms with E-state index in [1.54, 1.807) is 0 Å². The van der Waals surface area contributed by atoms with Gasteiger partial charge >= 0.3 is 5.97 Å². The van der Waals surface area contributed by atoms with Gasteiger partial charge in [0.05, 0.1) is 7.11 Å². The lowest BCUT2D eigenvalue weighted by atomic mass is 10.2. The van der Waals surface area contributed by atoms with Crippen LogP contribution in [0.1, 0.15) is 0 Å². The fraction of sp³-hybridized carbons (Fsp3) is 0.182. The Balaban J connectivity index is 2.41. The molecule has 0 fully saturated rings. The van der Waals surface area contributed by atoms with Crippen LogP contribution in [0.3, 0.4) is 0 Å². The van der Waals surface area contributed by atoms with Crippen molar-refractivity contribution >= 4 is 29.5 Å². The Morgan fingerprint density at radius 3 is 3.00 bits per heavy atom. The van der Waals surface area contributed by atoms with Crippen molar-refractivity contribution in [3.8, 4) is 0 Å². The van der Waals surface area contributed by atoms with E-state index in [0.717, 1.165) is 15.8 Å². The highest BCUT2D eigenvalue weighted by Crippen LogP contribution is 2.19. The number of carbonyl (C=O) groups excluding carboxylic acids is 1. The third kappa shape index (κ3) is 1.99. The molecule has 0 aliphatic rings. The fourth-order valence-electron chi connectivity index (χ4n) is 1.53. The van der Waals surface area contributed by atoms with Crippen LogP contribution in [0.4, 0.5) is 0 Å². The lowest BCUT2D eigenvalue weighted by Crippen LogP contribution is -2.10. The van der Waals surface area contributed by atoms with E-state index in [-0.39, 0.29) is 12.5 Å². The summed E-state index contributed by atoms with van der Waals surface area (Å²) in [5.74, 6) is -0.248. The minimum absolute atomic E-state index is 0.242. The molecule has 0 saturated heterocycles. The molecule has 0 radical (unpaired) electrons. The van der Waals surface area contributed by atoms with Crippen LogP contribution in [0.25, 0.3) is 10.9 Å². The van der Waals surface area contributed by atoms with Gasteiger partial charge in [-0.1, -0.05) is 0 Å². The SMILES string of the molecule is COC(=O)Cn1ccc2cc(S)ccc21. The number of rotatable bonds is 2. The van der Waals surface area contributed by atoms with E-state index in [9.17, 15) is 4.79 Å². The molecule has 2 rings (SSSR count). The molecule has 0 aliphatic carbocycles. The minimum Gasteiger partial charge on any atom is -0.468 e. The van der Waals surface area contributed by atoms with E-state index in [0.29, 0.717) is 0 Å². The lowest BCUT2D eigenvalue weighted by Gasteiger charge is -2.03. The number of hydrogen-bond acceptors (Lipinski definition) is 3. The minimum atomic E-state index is -0.248. The van der Waals surface area contributed by atoms with Crippen LogP contribution in [-0.2, 0) is 16.1 Å². The average molecular weight is 221 g/mol. The van der Waals surface area contributed by atoms with Crippen LogP contribution in [0.2, 0.25) is 0 Å². The molecule has 0 unspecified atom stereocenters. The maximum Gasteiger partial charge on any atom is 0.325 e. The number of aromatic nitrogens is 1. The Bertz CT molecular complexity index is 504. The monoisotopic (exact) mass is 221 g/mol. The van der Waals surface area contributed by atoms with E-state index in [1.807, 2.05) is 35.0 Å². The average Bonchev–Trinajstić information content (AvgIpc) is 2.60. The number of fused-ring (bicyclic) bond motifs is 1. The number of methoxy groups -OCH3 is 1. The van der Waals surface area contributed by atoms with Crippen molar-refractivity contribution in [3.63, 3.8) is 0 Å². The summed E-state index contributed by atoms with van der Waals surface area (Å²) < 4.78 is 6.48. The summed E-state index contributed by atoms with van der Waals surface area (Å²) in [5.41, 5.74) is 1.01. The van der Waals surface area contributed by atoms with Crippen LogP contribution in [0, 0.1) is 0 Å². The molecule has 0 atom stereocenters. The normalized spacial score (nSPS) is 10.5. The van der Waals surface area contributed by atoms with Crippen molar-refractivity contribution in [1.29, 1.82) is 0 Å². The molecule has 0 aliphatic heterocycles. The van der Waals surface area contributed by atoms with Gasteiger partial charge in [0, 0.05) is 22.0 Å². The molecular weight excluding hydrogens is 210 g/mol. The highest BCUT2D eigenvalue weighted by Gasteiger charge is 2.05. The Labute approximate surface area is 93.1 Å². The Kier molecular flexibility index (Phi) is 2.68. The van der Waals surface area contributed by atoms with Crippen LogP contribution in [0.15, 0.2) is 35.4 Å². The zero-order valence-electron chi connectivity index (χ0n) is 8.30. The van der Waals surface area contributed by atoms with Crippen molar-refractivity contribution in [3.05, 3.63) is 30.5 Å². The number of hydrogen-bond donors (Lipinski definition) is 1. The van der Waals surface area contributed by atoms with E-state index < -0.39 is 0 Å². The molecule has 3 nitrogen and oxygen atoms in total. The van der Waals surface area contributed by atoms with Gasteiger partial charge in [-0.2, -0.15) is 0 Å². The van der Waals surface area contributed by atoms with E-state index in [2.05, 4.69) is 17.4 Å².